The van der Waals surface area contributed by atoms with Crippen LogP contribution in [0.15, 0.2) is 18.6 Å². The number of aromatic nitrogens is 3. The third kappa shape index (κ3) is 1.70. The topological polar surface area (TPSA) is 50.9 Å². The molecule has 2 heterocycles. The van der Waals surface area contributed by atoms with Crippen molar-refractivity contribution in [1.29, 1.82) is 0 Å². The van der Waals surface area contributed by atoms with Gasteiger partial charge in [-0.1, -0.05) is 0 Å². The Morgan fingerprint density at radius 1 is 1.38 bits per heavy atom. The number of hydrogen-bond acceptors (Lipinski definition) is 3. The van der Waals surface area contributed by atoms with Crippen molar-refractivity contribution in [3.05, 3.63) is 24.2 Å². The second-order valence-corrected chi connectivity index (χ2v) is 2.45. The molecular formula is C8H10BN3O. The van der Waals surface area contributed by atoms with Crippen LogP contribution in [0.2, 0.25) is 0 Å². The molecule has 2 rings (SSSR count). The molecular weight excluding hydrogens is 165 g/mol. The van der Waals surface area contributed by atoms with Gasteiger partial charge in [0.15, 0.2) is 0 Å². The van der Waals surface area contributed by atoms with Gasteiger partial charge in [0.25, 0.3) is 0 Å². The van der Waals surface area contributed by atoms with E-state index >= 15 is 0 Å². The van der Waals surface area contributed by atoms with Crippen molar-refractivity contribution in [1.82, 2.24) is 14.4 Å². The molecule has 0 saturated carbocycles. The quantitative estimate of drug-likeness (QED) is 0.585. The van der Waals surface area contributed by atoms with Crippen molar-refractivity contribution in [2.45, 2.75) is 6.92 Å². The molecule has 0 aliphatic rings. The molecule has 0 aliphatic carbocycles. The van der Waals surface area contributed by atoms with Crippen LogP contribution in [0.5, 0.6) is 0 Å². The number of aliphatic hydroxyl groups excluding tert-OH is 1. The van der Waals surface area contributed by atoms with Gasteiger partial charge in [0, 0.05) is 13.3 Å². The van der Waals surface area contributed by atoms with E-state index in [1.807, 2.05) is 13.0 Å². The minimum Gasteiger partial charge on any atom is -0.400 e. The molecule has 0 spiro atoms. The third-order valence-electron chi connectivity index (χ3n) is 1.66. The van der Waals surface area contributed by atoms with Crippen LogP contribution in [0.3, 0.4) is 0 Å². The molecule has 0 saturated heterocycles. The van der Waals surface area contributed by atoms with E-state index in [0.717, 1.165) is 23.8 Å². The normalized spacial score (nSPS) is 9.46. The van der Waals surface area contributed by atoms with Gasteiger partial charge in [-0.05, 0) is 18.6 Å². The summed E-state index contributed by atoms with van der Waals surface area (Å²) in [6.45, 7) is 1.98. The van der Waals surface area contributed by atoms with Crippen molar-refractivity contribution in [2.24, 2.45) is 0 Å². The second-order valence-electron chi connectivity index (χ2n) is 2.45. The van der Waals surface area contributed by atoms with E-state index in [-0.39, 0.29) is 0 Å². The molecule has 2 aromatic rings. The number of nitrogens with zero attached hydrogens (tertiary/aromatic N) is 3. The molecule has 0 unspecified atom stereocenters. The fourth-order valence-electron chi connectivity index (χ4n) is 1.06. The lowest BCUT2D eigenvalue weighted by atomic mass is 10.2. The van der Waals surface area contributed by atoms with Crippen molar-refractivity contribution >= 4 is 19.1 Å². The SMILES string of the molecule is CO.[B]n1cnc2c(C)ccnc21. The highest BCUT2D eigenvalue weighted by Gasteiger charge is 2.00. The van der Waals surface area contributed by atoms with Crippen LogP contribution in [0, 0.1) is 6.92 Å². The van der Waals surface area contributed by atoms with E-state index in [9.17, 15) is 0 Å². The first-order chi connectivity index (χ1) is 6.29. The van der Waals surface area contributed by atoms with E-state index < -0.39 is 0 Å². The number of aryl methyl sites for hydroxylation is 1. The lowest BCUT2D eigenvalue weighted by Crippen LogP contribution is -1.90. The molecule has 5 heteroatoms. The summed E-state index contributed by atoms with van der Waals surface area (Å²) < 4.78 is 1.42. The molecule has 0 amide bonds. The maximum atomic E-state index is 7.00. The summed E-state index contributed by atoms with van der Waals surface area (Å²) >= 11 is 0. The zero-order valence-corrected chi connectivity index (χ0v) is 7.60. The molecule has 2 radical (unpaired) electrons. The number of pyridine rings is 1. The largest absolute Gasteiger partial charge is 0.400 e. The molecule has 2 aromatic heterocycles. The van der Waals surface area contributed by atoms with Crippen molar-refractivity contribution in [2.75, 3.05) is 7.11 Å². The number of imidazole rings is 1. The average Bonchev–Trinajstić information content (AvgIpc) is 2.53. The van der Waals surface area contributed by atoms with Gasteiger partial charge in [-0.15, -0.1) is 0 Å². The van der Waals surface area contributed by atoms with E-state index in [4.69, 9.17) is 13.1 Å². The number of aliphatic hydroxyl groups is 1. The summed E-state index contributed by atoms with van der Waals surface area (Å²) in [6.07, 6.45) is 3.29. The molecule has 0 atom stereocenters. The van der Waals surface area contributed by atoms with Gasteiger partial charge in [0.1, 0.15) is 11.2 Å². The van der Waals surface area contributed by atoms with Gasteiger partial charge >= 0.3 is 0 Å². The highest BCUT2D eigenvalue weighted by Crippen LogP contribution is 2.11. The molecule has 0 bridgehead atoms. The van der Waals surface area contributed by atoms with Crippen LogP contribution in [0.1, 0.15) is 5.56 Å². The minimum absolute atomic E-state index is 0.727. The zero-order valence-electron chi connectivity index (χ0n) is 7.60. The van der Waals surface area contributed by atoms with Crippen LogP contribution < -0.4 is 0 Å². The Morgan fingerprint density at radius 3 is 2.69 bits per heavy atom. The number of rotatable bonds is 0. The Balaban J connectivity index is 0.000000396. The van der Waals surface area contributed by atoms with Crippen LogP contribution >= 0.6 is 0 Å². The Bertz CT molecular complexity index is 399. The Morgan fingerprint density at radius 2 is 2.08 bits per heavy atom. The summed E-state index contributed by atoms with van der Waals surface area (Å²) in [7, 11) is 6.54. The van der Waals surface area contributed by atoms with Crippen LogP contribution in [-0.4, -0.2) is 34.6 Å². The maximum absolute atomic E-state index is 7.00. The highest BCUT2D eigenvalue weighted by atomic mass is 16.2. The molecule has 1 N–H and O–H groups in total. The zero-order chi connectivity index (χ0) is 9.84. The standard InChI is InChI=1S/C7H6BN3.CH4O/c1-5-2-3-9-7-6(5)10-4-11(7)8;1-2/h2-4H,1H3;2H,1H3. The van der Waals surface area contributed by atoms with E-state index in [1.165, 1.54) is 4.48 Å². The van der Waals surface area contributed by atoms with E-state index in [2.05, 4.69) is 9.97 Å². The molecule has 4 nitrogen and oxygen atoms in total. The monoisotopic (exact) mass is 175 g/mol. The lowest BCUT2D eigenvalue weighted by Gasteiger charge is -1.93. The van der Waals surface area contributed by atoms with Crippen molar-refractivity contribution in [3.8, 4) is 0 Å². The summed E-state index contributed by atoms with van der Waals surface area (Å²) in [5, 5.41) is 7.00. The average molecular weight is 175 g/mol. The first kappa shape index (κ1) is 9.73. The molecule has 0 fully saturated rings. The smallest absolute Gasteiger partial charge is 0.238 e. The highest BCUT2D eigenvalue weighted by molar-refractivity contribution is 6.10. The Labute approximate surface area is 77.7 Å². The summed E-state index contributed by atoms with van der Waals surface area (Å²) in [4.78, 5) is 8.17. The maximum Gasteiger partial charge on any atom is 0.238 e. The first-order valence-electron chi connectivity index (χ1n) is 3.77. The first-order valence-corrected chi connectivity index (χ1v) is 3.77. The van der Waals surface area contributed by atoms with Gasteiger partial charge < -0.3 is 9.58 Å². The van der Waals surface area contributed by atoms with E-state index in [0.29, 0.717) is 0 Å². The molecule has 66 valence electrons. The number of hydrogen-bond donors (Lipinski definition) is 1. The third-order valence-corrected chi connectivity index (χ3v) is 1.66. The Kier molecular flexibility index (Phi) is 3.03. The van der Waals surface area contributed by atoms with Gasteiger partial charge in [-0.2, -0.15) is 0 Å². The summed E-state index contributed by atoms with van der Waals surface area (Å²) in [5.41, 5.74) is 2.69. The van der Waals surface area contributed by atoms with Crippen molar-refractivity contribution in [3.63, 3.8) is 0 Å². The molecule has 13 heavy (non-hydrogen) atoms. The molecule has 0 aliphatic heterocycles. The minimum atomic E-state index is 0.727. The predicted molar refractivity (Wildman–Crippen MR) is 51.6 cm³/mol. The van der Waals surface area contributed by atoms with Crippen molar-refractivity contribution < 1.29 is 5.11 Å². The lowest BCUT2D eigenvalue weighted by molar-refractivity contribution is 0.399. The van der Waals surface area contributed by atoms with Gasteiger partial charge in [-0.3, -0.25) is 0 Å². The summed E-state index contributed by atoms with van der Waals surface area (Å²) in [6, 6.07) is 1.91. The van der Waals surface area contributed by atoms with Crippen LogP contribution in [0.25, 0.3) is 11.2 Å². The van der Waals surface area contributed by atoms with Gasteiger partial charge in [0.05, 0.1) is 6.33 Å². The van der Waals surface area contributed by atoms with Crippen LogP contribution in [-0.2, 0) is 0 Å². The van der Waals surface area contributed by atoms with Gasteiger partial charge in [0.2, 0.25) is 7.98 Å². The van der Waals surface area contributed by atoms with Gasteiger partial charge in [-0.25, -0.2) is 9.97 Å². The summed E-state index contributed by atoms with van der Waals surface area (Å²) in [5.74, 6) is 0. The fourth-order valence-corrected chi connectivity index (χ4v) is 1.06. The molecule has 0 aromatic carbocycles. The predicted octanol–water partition coefficient (Wildman–Crippen LogP) is 0.280. The van der Waals surface area contributed by atoms with Crippen LogP contribution in [0.4, 0.5) is 0 Å². The van der Waals surface area contributed by atoms with E-state index in [1.54, 1.807) is 12.5 Å². The Hall–Kier alpha value is -1.36. The fraction of sp³-hybridized carbons (Fsp3) is 0.250. The second kappa shape index (κ2) is 4.05. The number of fused-ring (bicyclic) bond motifs is 1.